The molecule has 0 saturated heterocycles. The molecule has 0 spiro atoms. The molecule has 0 bridgehead atoms. The minimum Gasteiger partial charge on any atom is -0.382 e. The van der Waals surface area contributed by atoms with E-state index in [0.717, 1.165) is 27.5 Å². The zero-order chi connectivity index (χ0) is 16.1. The van der Waals surface area contributed by atoms with E-state index in [1.54, 1.807) is 0 Å². The normalized spacial score (nSPS) is 10.0. The molecule has 112 valence electrons. The highest BCUT2D eigenvalue weighted by atomic mass is 79.9. The molecule has 8 heteroatoms. The maximum atomic E-state index is 11.9. The molecule has 0 aliphatic rings. The molecule has 0 aliphatic heterocycles. The van der Waals surface area contributed by atoms with Gasteiger partial charge in [-0.25, -0.2) is 9.97 Å². The van der Waals surface area contributed by atoms with Gasteiger partial charge in [-0.2, -0.15) is 5.26 Å². The molecule has 1 amide bonds. The van der Waals surface area contributed by atoms with E-state index in [0.29, 0.717) is 5.16 Å². The van der Waals surface area contributed by atoms with Crippen molar-refractivity contribution in [3.8, 4) is 6.07 Å². The standard InChI is InChI=1S/C14H12BrN5OS/c1-8-4-10(15)2-3-11(8)19-12(21)7-22-14-18-6-9(5-16)13(17)20-14/h2-4,6H,7H2,1H3,(H,19,21)(H2,17,18,20). The lowest BCUT2D eigenvalue weighted by Gasteiger charge is -2.08. The topological polar surface area (TPSA) is 105 Å². The van der Waals surface area contributed by atoms with E-state index in [1.807, 2.05) is 31.2 Å². The Balaban J connectivity index is 1.95. The van der Waals surface area contributed by atoms with E-state index < -0.39 is 0 Å². The van der Waals surface area contributed by atoms with E-state index in [2.05, 4.69) is 31.2 Å². The van der Waals surface area contributed by atoms with Crippen LogP contribution in [-0.4, -0.2) is 21.6 Å². The van der Waals surface area contributed by atoms with Crippen LogP contribution in [0.2, 0.25) is 0 Å². The van der Waals surface area contributed by atoms with Crippen LogP contribution in [0.4, 0.5) is 11.5 Å². The van der Waals surface area contributed by atoms with Crippen LogP contribution >= 0.6 is 27.7 Å². The largest absolute Gasteiger partial charge is 0.382 e. The van der Waals surface area contributed by atoms with Crippen molar-refractivity contribution in [2.24, 2.45) is 0 Å². The second-order valence-corrected chi connectivity index (χ2v) is 6.22. The van der Waals surface area contributed by atoms with Crippen LogP contribution in [0.25, 0.3) is 0 Å². The number of nitriles is 1. The molecule has 0 saturated carbocycles. The molecule has 2 rings (SSSR count). The Morgan fingerprint density at radius 3 is 2.95 bits per heavy atom. The summed E-state index contributed by atoms with van der Waals surface area (Å²) >= 11 is 4.53. The summed E-state index contributed by atoms with van der Waals surface area (Å²) < 4.78 is 0.957. The number of hydrogen-bond donors (Lipinski definition) is 2. The van der Waals surface area contributed by atoms with Crippen LogP contribution < -0.4 is 11.1 Å². The summed E-state index contributed by atoms with van der Waals surface area (Å²) in [7, 11) is 0. The zero-order valence-corrected chi connectivity index (χ0v) is 14.0. The highest BCUT2D eigenvalue weighted by Gasteiger charge is 2.09. The van der Waals surface area contributed by atoms with E-state index in [1.165, 1.54) is 6.20 Å². The predicted molar refractivity (Wildman–Crippen MR) is 89.4 cm³/mol. The molecule has 2 aromatic rings. The number of carbonyl (C=O) groups excluding carboxylic acids is 1. The molecule has 0 radical (unpaired) electrons. The first-order chi connectivity index (χ1) is 10.5. The third kappa shape index (κ3) is 4.19. The predicted octanol–water partition coefficient (Wildman–Crippen LogP) is 2.73. The van der Waals surface area contributed by atoms with E-state index in [4.69, 9.17) is 11.0 Å². The van der Waals surface area contributed by atoms with Crippen molar-refractivity contribution in [3.05, 3.63) is 40.0 Å². The number of halogens is 1. The van der Waals surface area contributed by atoms with Crippen LogP contribution in [-0.2, 0) is 4.79 Å². The van der Waals surface area contributed by atoms with Gasteiger partial charge in [0.05, 0.1) is 11.9 Å². The Morgan fingerprint density at radius 2 is 2.32 bits per heavy atom. The van der Waals surface area contributed by atoms with Gasteiger partial charge >= 0.3 is 0 Å². The molecule has 22 heavy (non-hydrogen) atoms. The van der Waals surface area contributed by atoms with Crippen molar-refractivity contribution < 1.29 is 4.79 Å². The molecular formula is C14H12BrN5OS. The van der Waals surface area contributed by atoms with Gasteiger partial charge in [0, 0.05) is 10.2 Å². The molecule has 6 nitrogen and oxygen atoms in total. The zero-order valence-electron chi connectivity index (χ0n) is 11.6. The number of nitrogens with two attached hydrogens (primary N) is 1. The Labute approximate surface area is 140 Å². The minimum atomic E-state index is -0.165. The number of anilines is 2. The van der Waals surface area contributed by atoms with Gasteiger partial charge in [0.25, 0.3) is 0 Å². The number of thioether (sulfide) groups is 1. The van der Waals surface area contributed by atoms with Gasteiger partial charge in [0.2, 0.25) is 5.91 Å². The summed E-state index contributed by atoms with van der Waals surface area (Å²) in [6.07, 6.45) is 1.35. The lowest BCUT2D eigenvalue weighted by atomic mass is 10.2. The number of nitrogens with zero attached hydrogens (tertiary/aromatic N) is 3. The van der Waals surface area contributed by atoms with Crippen LogP contribution in [0.5, 0.6) is 0 Å². The SMILES string of the molecule is Cc1cc(Br)ccc1NC(=O)CSc1ncc(C#N)c(N)n1. The fraction of sp³-hybridized carbons (Fsp3) is 0.143. The molecule has 0 atom stereocenters. The van der Waals surface area contributed by atoms with Crippen molar-refractivity contribution in [3.63, 3.8) is 0 Å². The molecule has 0 fully saturated rings. The van der Waals surface area contributed by atoms with Crippen molar-refractivity contribution in [1.82, 2.24) is 9.97 Å². The summed E-state index contributed by atoms with van der Waals surface area (Å²) in [6, 6.07) is 7.50. The number of carbonyl (C=O) groups is 1. The average molecular weight is 378 g/mol. The number of benzene rings is 1. The number of nitrogen functional groups attached to an aromatic ring is 1. The van der Waals surface area contributed by atoms with Crippen molar-refractivity contribution in [1.29, 1.82) is 5.26 Å². The summed E-state index contributed by atoms with van der Waals surface area (Å²) in [4.78, 5) is 19.9. The van der Waals surface area contributed by atoms with E-state index >= 15 is 0 Å². The number of hydrogen-bond acceptors (Lipinski definition) is 6. The highest BCUT2D eigenvalue weighted by molar-refractivity contribution is 9.10. The lowest BCUT2D eigenvalue weighted by Crippen LogP contribution is -2.15. The molecule has 0 aliphatic carbocycles. The van der Waals surface area contributed by atoms with Crippen LogP contribution in [0.1, 0.15) is 11.1 Å². The molecule has 0 unspecified atom stereocenters. The number of rotatable bonds is 4. The Bertz CT molecular complexity index is 759. The number of aromatic nitrogens is 2. The summed E-state index contributed by atoms with van der Waals surface area (Å²) in [5, 5.41) is 11.9. The number of aryl methyl sites for hydroxylation is 1. The monoisotopic (exact) mass is 377 g/mol. The first kappa shape index (κ1) is 16.3. The second-order valence-electron chi connectivity index (χ2n) is 4.36. The van der Waals surface area contributed by atoms with Gasteiger partial charge in [-0.3, -0.25) is 4.79 Å². The van der Waals surface area contributed by atoms with Crippen molar-refractivity contribution >= 4 is 45.1 Å². The maximum Gasteiger partial charge on any atom is 0.234 e. The molecule has 1 aromatic heterocycles. The summed E-state index contributed by atoms with van der Waals surface area (Å²) in [5.74, 6) is 0.104. The number of amides is 1. The van der Waals surface area contributed by atoms with Gasteiger partial charge in [-0.15, -0.1) is 0 Å². The van der Waals surface area contributed by atoms with Gasteiger partial charge < -0.3 is 11.1 Å². The third-order valence-corrected chi connectivity index (χ3v) is 4.07. The molecule has 1 aromatic carbocycles. The number of nitrogens with one attached hydrogen (secondary N) is 1. The van der Waals surface area contributed by atoms with Gasteiger partial charge in [0.1, 0.15) is 17.5 Å². The minimum absolute atomic E-state index is 0.115. The second kappa shape index (κ2) is 7.24. The smallest absolute Gasteiger partial charge is 0.234 e. The first-order valence-electron chi connectivity index (χ1n) is 6.21. The highest BCUT2D eigenvalue weighted by Crippen LogP contribution is 2.21. The van der Waals surface area contributed by atoms with E-state index in [-0.39, 0.29) is 23.0 Å². The first-order valence-corrected chi connectivity index (χ1v) is 7.99. The Morgan fingerprint density at radius 1 is 1.55 bits per heavy atom. The fourth-order valence-electron chi connectivity index (χ4n) is 1.62. The Kier molecular flexibility index (Phi) is 5.35. The molecule has 1 heterocycles. The van der Waals surface area contributed by atoms with Crippen molar-refractivity contribution in [2.75, 3.05) is 16.8 Å². The fourth-order valence-corrected chi connectivity index (χ4v) is 2.72. The molecular weight excluding hydrogens is 366 g/mol. The summed E-state index contributed by atoms with van der Waals surface area (Å²) in [6.45, 7) is 1.91. The summed E-state index contributed by atoms with van der Waals surface area (Å²) in [5.41, 5.74) is 7.55. The molecule has 3 N–H and O–H groups in total. The van der Waals surface area contributed by atoms with Crippen LogP contribution in [0, 0.1) is 18.3 Å². The van der Waals surface area contributed by atoms with Crippen molar-refractivity contribution in [2.45, 2.75) is 12.1 Å². The third-order valence-electron chi connectivity index (χ3n) is 2.71. The van der Waals surface area contributed by atoms with Gasteiger partial charge in [-0.1, -0.05) is 27.7 Å². The quantitative estimate of drug-likeness (QED) is 0.626. The van der Waals surface area contributed by atoms with Gasteiger partial charge in [-0.05, 0) is 30.7 Å². The van der Waals surface area contributed by atoms with Crippen LogP contribution in [0.3, 0.4) is 0 Å². The lowest BCUT2D eigenvalue weighted by molar-refractivity contribution is -0.113. The average Bonchev–Trinajstić information content (AvgIpc) is 2.48. The van der Waals surface area contributed by atoms with E-state index in [9.17, 15) is 4.79 Å². The van der Waals surface area contributed by atoms with Crippen LogP contribution in [0.15, 0.2) is 34.0 Å². The maximum absolute atomic E-state index is 11.9. The Hall–Kier alpha value is -2.11. The van der Waals surface area contributed by atoms with Gasteiger partial charge in [0.15, 0.2) is 5.16 Å².